The van der Waals surface area contributed by atoms with Crippen molar-refractivity contribution in [3.63, 3.8) is 0 Å². The largest absolute Gasteiger partial charge is 0.483 e. The lowest BCUT2D eigenvalue weighted by Crippen LogP contribution is -2.51. The van der Waals surface area contributed by atoms with Gasteiger partial charge in [0.1, 0.15) is 11.8 Å². The Bertz CT molecular complexity index is 1190. The molecule has 3 aromatic carbocycles. The highest BCUT2D eigenvalue weighted by molar-refractivity contribution is 9.10. The summed E-state index contributed by atoms with van der Waals surface area (Å²) in [5, 5.41) is 2.91. The SMILES string of the molecule is CCNC(=O)[C@@H](Cc1ccccc1)N(Cc1ccc(Br)cc1)C(=O)COc1ccc(C(C)(C)C)cc1Br. The second-order valence-corrected chi connectivity index (χ2v) is 11.7. The number of nitrogens with zero attached hydrogens (tertiary/aromatic N) is 1. The Balaban J connectivity index is 1.88. The Hall–Kier alpha value is -2.64. The number of benzene rings is 3. The molecule has 0 aromatic heterocycles. The van der Waals surface area contributed by atoms with E-state index in [2.05, 4.69) is 57.9 Å². The maximum atomic E-state index is 13.7. The summed E-state index contributed by atoms with van der Waals surface area (Å²) < 4.78 is 7.71. The molecule has 2 amide bonds. The second-order valence-electron chi connectivity index (χ2n) is 9.93. The fourth-order valence-corrected chi connectivity index (χ4v) is 4.70. The first-order valence-electron chi connectivity index (χ1n) is 12.4. The van der Waals surface area contributed by atoms with Gasteiger partial charge in [0, 0.05) is 24.0 Å². The first kappa shape index (κ1) is 28.9. The third-order valence-corrected chi connectivity index (χ3v) is 7.19. The van der Waals surface area contributed by atoms with Crippen LogP contribution in [0.5, 0.6) is 5.75 Å². The molecule has 0 bridgehead atoms. The molecule has 0 fully saturated rings. The number of rotatable bonds is 10. The molecule has 0 saturated carbocycles. The van der Waals surface area contributed by atoms with E-state index in [4.69, 9.17) is 4.74 Å². The van der Waals surface area contributed by atoms with Crippen molar-refractivity contribution < 1.29 is 14.3 Å². The van der Waals surface area contributed by atoms with E-state index in [1.165, 1.54) is 0 Å². The van der Waals surface area contributed by atoms with Gasteiger partial charge in [-0.3, -0.25) is 9.59 Å². The molecule has 196 valence electrons. The monoisotopic (exact) mass is 628 g/mol. The lowest BCUT2D eigenvalue weighted by atomic mass is 9.87. The van der Waals surface area contributed by atoms with Crippen molar-refractivity contribution in [1.82, 2.24) is 10.2 Å². The quantitative estimate of drug-likeness (QED) is 0.273. The highest BCUT2D eigenvalue weighted by atomic mass is 79.9. The van der Waals surface area contributed by atoms with Crippen LogP contribution in [-0.2, 0) is 28.0 Å². The average molecular weight is 630 g/mol. The molecule has 37 heavy (non-hydrogen) atoms. The number of nitrogens with one attached hydrogen (secondary N) is 1. The molecule has 3 aromatic rings. The Morgan fingerprint density at radius 1 is 0.946 bits per heavy atom. The molecule has 0 aliphatic carbocycles. The first-order valence-corrected chi connectivity index (χ1v) is 14.0. The van der Waals surface area contributed by atoms with Gasteiger partial charge in [0.05, 0.1) is 4.47 Å². The van der Waals surface area contributed by atoms with Gasteiger partial charge in [-0.15, -0.1) is 0 Å². The molecule has 0 spiro atoms. The summed E-state index contributed by atoms with van der Waals surface area (Å²) in [5.41, 5.74) is 3.06. The Labute approximate surface area is 236 Å². The summed E-state index contributed by atoms with van der Waals surface area (Å²) in [7, 11) is 0. The molecule has 5 nitrogen and oxygen atoms in total. The predicted molar refractivity (Wildman–Crippen MR) is 156 cm³/mol. The number of amides is 2. The molecule has 0 saturated heterocycles. The summed E-state index contributed by atoms with van der Waals surface area (Å²) in [5.74, 6) is 0.136. The topological polar surface area (TPSA) is 58.6 Å². The maximum absolute atomic E-state index is 13.7. The lowest BCUT2D eigenvalue weighted by Gasteiger charge is -2.31. The average Bonchev–Trinajstić information content (AvgIpc) is 2.86. The van der Waals surface area contributed by atoms with Gasteiger partial charge in [-0.1, -0.05) is 85.2 Å². The number of ether oxygens (including phenoxy) is 1. The first-order chi connectivity index (χ1) is 17.6. The van der Waals surface area contributed by atoms with Crippen molar-refractivity contribution in [3.05, 3.63) is 98.4 Å². The fraction of sp³-hybridized carbons (Fsp3) is 0.333. The van der Waals surface area contributed by atoms with Crippen LogP contribution in [0.15, 0.2) is 81.7 Å². The van der Waals surface area contributed by atoms with Crippen LogP contribution >= 0.6 is 31.9 Å². The van der Waals surface area contributed by atoms with Crippen LogP contribution in [-0.4, -0.2) is 35.9 Å². The van der Waals surface area contributed by atoms with Gasteiger partial charge in [0.15, 0.2) is 6.61 Å². The minimum atomic E-state index is -0.686. The lowest BCUT2D eigenvalue weighted by molar-refractivity contribution is -0.142. The van der Waals surface area contributed by atoms with Gasteiger partial charge in [-0.05, 0) is 69.2 Å². The molecule has 1 atom stereocenters. The zero-order valence-corrected chi connectivity index (χ0v) is 24.9. The number of carbonyl (C=O) groups excluding carboxylic acids is 2. The number of hydrogen-bond donors (Lipinski definition) is 1. The summed E-state index contributed by atoms with van der Waals surface area (Å²) in [6.45, 7) is 8.89. The van der Waals surface area contributed by atoms with Crippen LogP contribution in [0.1, 0.15) is 44.4 Å². The standard InChI is InChI=1S/C30H34Br2N2O3/c1-5-33-29(36)26(17-21-9-7-6-8-10-21)34(19-22-11-14-24(31)15-12-22)28(35)20-37-27-16-13-23(18-25(27)32)30(2,3)4/h6-16,18,26H,5,17,19-20H2,1-4H3,(H,33,36)/t26-/m1/s1. The number of halogens is 2. The number of hydrogen-bond acceptors (Lipinski definition) is 3. The van der Waals surface area contributed by atoms with E-state index in [9.17, 15) is 9.59 Å². The van der Waals surface area contributed by atoms with Crippen LogP contribution in [0, 0.1) is 0 Å². The summed E-state index contributed by atoms with van der Waals surface area (Å²) in [6, 6.07) is 22.7. The zero-order valence-electron chi connectivity index (χ0n) is 21.8. The number of carbonyl (C=O) groups is 2. The van der Waals surface area contributed by atoms with Crippen LogP contribution < -0.4 is 10.1 Å². The third kappa shape index (κ3) is 8.44. The van der Waals surface area contributed by atoms with E-state index in [-0.39, 0.29) is 30.4 Å². The van der Waals surface area contributed by atoms with E-state index < -0.39 is 6.04 Å². The molecule has 0 aliphatic rings. The molecular formula is C30H34Br2N2O3. The van der Waals surface area contributed by atoms with Gasteiger partial charge in [0.2, 0.25) is 5.91 Å². The van der Waals surface area contributed by atoms with Gasteiger partial charge in [-0.25, -0.2) is 0 Å². The predicted octanol–water partition coefficient (Wildman–Crippen LogP) is 6.66. The van der Waals surface area contributed by atoms with Crippen molar-refractivity contribution in [2.45, 2.75) is 52.1 Å². The maximum Gasteiger partial charge on any atom is 0.261 e. The smallest absolute Gasteiger partial charge is 0.261 e. The Morgan fingerprint density at radius 3 is 2.22 bits per heavy atom. The Kier molecular flexibility index (Phi) is 10.4. The van der Waals surface area contributed by atoms with Crippen LogP contribution in [0.4, 0.5) is 0 Å². The third-order valence-electron chi connectivity index (χ3n) is 6.04. The van der Waals surface area contributed by atoms with Gasteiger partial charge < -0.3 is 15.0 Å². The summed E-state index contributed by atoms with van der Waals surface area (Å²) >= 11 is 7.05. The fourth-order valence-electron chi connectivity index (χ4n) is 3.94. The normalized spacial score (nSPS) is 12.1. The van der Waals surface area contributed by atoms with Crippen LogP contribution in [0.3, 0.4) is 0 Å². The molecule has 0 aliphatic heterocycles. The molecule has 0 heterocycles. The van der Waals surface area contributed by atoms with E-state index in [0.717, 1.165) is 25.6 Å². The van der Waals surface area contributed by atoms with Crippen molar-refractivity contribution in [2.75, 3.05) is 13.2 Å². The molecule has 0 radical (unpaired) electrons. The van der Waals surface area contributed by atoms with Crippen molar-refractivity contribution in [1.29, 1.82) is 0 Å². The molecule has 1 N–H and O–H groups in total. The van der Waals surface area contributed by atoms with Crippen LogP contribution in [0.2, 0.25) is 0 Å². The summed E-state index contributed by atoms with van der Waals surface area (Å²) in [4.78, 5) is 28.5. The van der Waals surface area contributed by atoms with E-state index in [0.29, 0.717) is 18.7 Å². The van der Waals surface area contributed by atoms with Crippen LogP contribution in [0.25, 0.3) is 0 Å². The van der Waals surface area contributed by atoms with Gasteiger partial charge >= 0.3 is 0 Å². The zero-order chi connectivity index (χ0) is 27.0. The minimum Gasteiger partial charge on any atom is -0.483 e. The molecule has 7 heteroatoms. The van der Waals surface area contributed by atoms with E-state index in [1.54, 1.807) is 4.90 Å². The van der Waals surface area contributed by atoms with E-state index >= 15 is 0 Å². The van der Waals surface area contributed by atoms with Crippen molar-refractivity contribution >= 4 is 43.7 Å². The molecule has 0 unspecified atom stereocenters. The molecular weight excluding hydrogens is 596 g/mol. The molecule has 3 rings (SSSR count). The van der Waals surface area contributed by atoms with Gasteiger partial charge in [-0.2, -0.15) is 0 Å². The van der Waals surface area contributed by atoms with E-state index in [1.807, 2.05) is 79.7 Å². The highest BCUT2D eigenvalue weighted by Gasteiger charge is 2.30. The second kappa shape index (κ2) is 13.2. The highest BCUT2D eigenvalue weighted by Crippen LogP contribution is 2.31. The summed E-state index contributed by atoms with van der Waals surface area (Å²) in [6.07, 6.45) is 0.402. The van der Waals surface area contributed by atoms with Crippen molar-refractivity contribution in [2.24, 2.45) is 0 Å². The Morgan fingerprint density at radius 2 is 1.62 bits per heavy atom. The van der Waals surface area contributed by atoms with Crippen molar-refractivity contribution in [3.8, 4) is 5.75 Å². The van der Waals surface area contributed by atoms with Gasteiger partial charge in [0.25, 0.3) is 5.91 Å². The minimum absolute atomic E-state index is 0.00432. The number of likely N-dealkylation sites (N-methyl/N-ethyl adjacent to an activating group) is 1.